The average Bonchev–Trinajstić information content (AvgIpc) is 4.12. The summed E-state index contributed by atoms with van der Waals surface area (Å²) in [6.07, 6.45) is 0.0884. The molecule has 2 fully saturated rings. The van der Waals surface area contributed by atoms with Crippen molar-refractivity contribution in [3.8, 4) is 0 Å². The highest BCUT2D eigenvalue weighted by Crippen LogP contribution is 2.34. The highest BCUT2D eigenvalue weighted by atomic mass is 35.5. The summed E-state index contributed by atoms with van der Waals surface area (Å²) < 4.78 is 0. The van der Waals surface area contributed by atoms with Crippen LogP contribution in [0.3, 0.4) is 0 Å². The van der Waals surface area contributed by atoms with E-state index in [4.69, 9.17) is 5.73 Å². The van der Waals surface area contributed by atoms with E-state index in [1.54, 1.807) is 88.6 Å². The van der Waals surface area contributed by atoms with Crippen molar-refractivity contribution < 1.29 is 38.4 Å². The molecule has 0 unspecified atom stereocenters. The molecule has 2 aliphatic heterocycles. The van der Waals surface area contributed by atoms with Crippen molar-refractivity contribution in [2.45, 2.75) is 102 Å². The standard InChI is InChI=1S/C60H71N9O8.ClH/c1-36(42-19-11-7-12-20-42)64-57(74)49-27-40(34-68(49)59(76)53(44-23-15-9-16-24-44)66-55(72)38(3)62-5)29-51(70)46-31-47(33-48(61)32-46)52(71)30-41-28-50(58(75)65-37(2)43-21-13-8-14-22-43)69(35-41)60(77)54(45-25-17-10-18-26-45)67-56(73)39(4)63-6;/h7-26,31-33,36-41,49-50,53-54,62-63H,27-30,34-35,61H2,1-6H3,(H,64,74)(H,65,75)(H,66,72)(H,67,73);1H/t36-,37-,38+,39+,40-,41-,49+,50+,53+,54+;/m1./s1. The Kier molecular flexibility index (Phi) is 21.0. The van der Waals surface area contributed by atoms with E-state index in [0.29, 0.717) is 11.1 Å². The molecular weight excluding hydrogens is 1010 g/mol. The lowest BCUT2D eigenvalue weighted by Gasteiger charge is -2.30. The van der Waals surface area contributed by atoms with Crippen molar-refractivity contribution in [2.75, 3.05) is 32.9 Å². The number of nitrogens with one attached hydrogen (secondary N) is 6. The molecule has 78 heavy (non-hydrogen) atoms. The van der Waals surface area contributed by atoms with Gasteiger partial charge in [-0.1, -0.05) is 121 Å². The largest absolute Gasteiger partial charge is 0.399 e. The lowest BCUT2D eigenvalue weighted by molar-refractivity contribution is -0.142. The minimum absolute atomic E-state index is 0. The number of rotatable bonds is 22. The molecule has 2 heterocycles. The minimum Gasteiger partial charge on any atom is -0.399 e. The van der Waals surface area contributed by atoms with Gasteiger partial charge in [-0.25, -0.2) is 0 Å². The van der Waals surface area contributed by atoms with Crippen LogP contribution in [0, 0.1) is 11.8 Å². The lowest BCUT2D eigenvalue weighted by atomic mass is 9.92. The van der Waals surface area contributed by atoms with Crippen molar-refractivity contribution in [1.82, 2.24) is 41.7 Å². The number of ketones is 2. The molecular formula is C60H72ClN9O8. The molecule has 18 heteroatoms. The molecule has 2 aliphatic rings. The average molecular weight is 1080 g/mol. The molecule has 5 aromatic rings. The highest BCUT2D eigenvalue weighted by molar-refractivity contribution is 6.03. The summed E-state index contributed by atoms with van der Waals surface area (Å²) in [5.41, 5.74) is 9.68. The summed E-state index contributed by atoms with van der Waals surface area (Å²) in [6.45, 7) is 7.09. The summed E-state index contributed by atoms with van der Waals surface area (Å²) in [4.78, 5) is 116. The highest BCUT2D eigenvalue weighted by Gasteiger charge is 2.45. The van der Waals surface area contributed by atoms with E-state index in [9.17, 15) is 38.4 Å². The molecule has 0 aliphatic carbocycles. The number of hydrogen-bond acceptors (Lipinski definition) is 11. The number of nitrogens with zero attached hydrogens (tertiary/aromatic N) is 2. The van der Waals surface area contributed by atoms with Crippen LogP contribution < -0.4 is 37.6 Å². The van der Waals surface area contributed by atoms with Crippen molar-refractivity contribution in [3.05, 3.63) is 173 Å². The first-order chi connectivity index (χ1) is 37.0. The quantitative estimate of drug-likeness (QED) is 0.0315. The second-order valence-electron chi connectivity index (χ2n) is 20.3. The fraction of sp³-hybridized carbons (Fsp3) is 0.367. The Hall–Kier alpha value is -7.73. The summed E-state index contributed by atoms with van der Waals surface area (Å²) >= 11 is 0. The zero-order valence-corrected chi connectivity index (χ0v) is 45.8. The van der Waals surface area contributed by atoms with Crippen molar-refractivity contribution in [3.63, 3.8) is 0 Å². The maximum absolute atomic E-state index is 14.8. The van der Waals surface area contributed by atoms with Crippen LogP contribution in [0.2, 0.25) is 0 Å². The zero-order valence-electron chi connectivity index (χ0n) is 44.9. The molecule has 0 spiro atoms. The van der Waals surface area contributed by atoms with Crippen LogP contribution in [0.15, 0.2) is 140 Å². The van der Waals surface area contributed by atoms with E-state index in [-0.39, 0.29) is 79.6 Å². The number of benzene rings is 5. The number of halogens is 1. The summed E-state index contributed by atoms with van der Waals surface area (Å²) in [5.74, 6) is -4.39. The second-order valence-corrected chi connectivity index (χ2v) is 20.3. The van der Waals surface area contributed by atoms with Gasteiger partial charge in [0.1, 0.15) is 24.2 Å². The minimum atomic E-state index is -1.14. The molecule has 0 radical (unpaired) electrons. The van der Waals surface area contributed by atoms with E-state index in [1.165, 1.54) is 28.0 Å². The van der Waals surface area contributed by atoms with Gasteiger partial charge in [-0.3, -0.25) is 38.4 Å². The SMILES string of the molecule is CN[C@@H](C)C(=O)N[C@H](C(=O)N1C[C@@H](CC(=O)c2cc(N)cc(C(=O)C[C@H]3C[C@@H](C(=O)N[C@H](C)c4ccccc4)N(C(=O)[C@@H](NC(=O)[C@H](C)NC)c4ccccc4)C3)c2)C[C@H]1C(=O)N[C@H](C)c1ccccc1)c1ccccc1.Cl. The Bertz CT molecular complexity index is 2710. The van der Waals surface area contributed by atoms with Gasteiger partial charge in [-0.2, -0.15) is 0 Å². The van der Waals surface area contributed by atoms with Gasteiger partial charge in [-0.15, -0.1) is 12.4 Å². The molecule has 5 aromatic carbocycles. The van der Waals surface area contributed by atoms with E-state index >= 15 is 0 Å². The van der Waals surface area contributed by atoms with Crippen molar-refractivity contribution in [1.29, 1.82) is 0 Å². The Morgan fingerprint density at radius 2 is 0.808 bits per heavy atom. The zero-order chi connectivity index (χ0) is 55.3. The van der Waals surface area contributed by atoms with Gasteiger partial charge < -0.3 is 47.4 Å². The number of amides is 6. The number of carbonyl (C=O) groups is 8. The van der Waals surface area contributed by atoms with E-state index < -0.39 is 95.6 Å². The third kappa shape index (κ3) is 14.8. The molecule has 7 rings (SSSR count). The van der Waals surface area contributed by atoms with Crippen LogP contribution in [0.1, 0.15) is 121 Å². The predicted molar refractivity (Wildman–Crippen MR) is 301 cm³/mol. The Morgan fingerprint density at radius 1 is 0.487 bits per heavy atom. The maximum atomic E-state index is 14.8. The number of nitrogens with two attached hydrogens (primary N) is 1. The van der Waals surface area contributed by atoms with Crippen LogP contribution >= 0.6 is 12.4 Å². The van der Waals surface area contributed by atoms with Gasteiger partial charge in [0, 0.05) is 42.7 Å². The number of nitrogen functional groups attached to an aromatic ring is 1. The third-order valence-corrected chi connectivity index (χ3v) is 14.8. The monoisotopic (exact) mass is 1080 g/mol. The van der Waals surface area contributed by atoms with Gasteiger partial charge in [0.15, 0.2) is 11.6 Å². The van der Waals surface area contributed by atoms with Crippen molar-refractivity contribution >= 4 is 65.1 Å². The van der Waals surface area contributed by atoms with Crippen molar-refractivity contribution in [2.24, 2.45) is 11.8 Å². The normalized spacial score (nSPS) is 19.2. The smallest absolute Gasteiger partial charge is 0.250 e. The fourth-order valence-electron chi connectivity index (χ4n) is 10.1. The summed E-state index contributed by atoms with van der Waals surface area (Å²) in [5, 5.41) is 17.7. The first-order valence-corrected chi connectivity index (χ1v) is 26.3. The lowest BCUT2D eigenvalue weighted by Crippen LogP contribution is -2.52. The van der Waals surface area contributed by atoms with Crippen LogP contribution in [0.25, 0.3) is 0 Å². The van der Waals surface area contributed by atoms with Gasteiger partial charge in [0.25, 0.3) is 0 Å². The Labute approximate surface area is 462 Å². The first kappa shape index (κ1) is 59.5. The number of Topliss-reactive ketones (excluding diaryl/α,β-unsaturated/α-hetero) is 2. The number of carbonyl (C=O) groups excluding carboxylic acids is 8. The number of hydrogen-bond donors (Lipinski definition) is 7. The maximum Gasteiger partial charge on any atom is 0.250 e. The molecule has 412 valence electrons. The topological polar surface area (TPSA) is 241 Å². The van der Waals surface area contributed by atoms with Gasteiger partial charge >= 0.3 is 0 Å². The number of likely N-dealkylation sites (tertiary alicyclic amines) is 2. The molecule has 2 saturated heterocycles. The van der Waals surface area contributed by atoms with Crippen LogP contribution in [0.5, 0.6) is 0 Å². The molecule has 0 saturated carbocycles. The van der Waals surface area contributed by atoms with E-state index in [1.807, 2.05) is 74.5 Å². The number of likely N-dealkylation sites (N-methyl/N-ethyl adjacent to an activating group) is 2. The Balaban J connectivity index is 0.00000984. The molecule has 8 N–H and O–H groups in total. The van der Waals surface area contributed by atoms with Crippen LogP contribution in [0.4, 0.5) is 5.69 Å². The van der Waals surface area contributed by atoms with Gasteiger partial charge in [-0.05, 0) is 107 Å². The summed E-state index contributed by atoms with van der Waals surface area (Å²) in [7, 11) is 3.27. The predicted octanol–water partition coefficient (Wildman–Crippen LogP) is 5.96. The fourth-order valence-corrected chi connectivity index (χ4v) is 10.1. The van der Waals surface area contributed by atoms with Crippen LogP contribution in [-0.4, -0.2) is 108 Å². The molecule has 0 aromatic heterocycles. The van der Waals surface area contributed by atoms with Gasteiger partial charge in [0.2, 0.25) is 35.4 Å². The Morgan fingerprint density at radius 3 is 1.13 bits per heavy atom. The van der Waals surface area contributed by atoms with E-state index in [0.717, 1.165) is 11.1 Å². The molecule has 10 atom stereocenters. The first-order valence-electron chi connectivity index (χ1n) is 26.3. The molecule has 17 nitrogen and oxygen atoms in total. The number of anilines is 1. The van der Waals surface area contributed by atoms with Crippen LogP contribution in [-0.2, 0) is 28.8 Å². The third-order valence-electron chi connectivity index (χ3n) is 14.8. The molecule has 6 amide bonds. The van der Waals surface area contributed by atoms with Gasteiger partial charge in [0.05, 0.1) is 24.2 Å². The van der Waals surface area contributed by atoms with E-state index in [2.05, 4.69) is 31.9 Å². The molecule has 0 bridgehead atoms. The second kappa shape index (κ2) is 27.5. The summed E-state index contributed by atoms with van der Waals surface area (Å²) in [6, 6.07) is 34.5.